The normalized spacial score (nSPS) is 9.93. The van der Waals surface area contributed by atoms with Gasteiger partial charge in [-0.2, -0.15) is 5.10 Å². The molecule has 0 spiro atoms. The highest BCUT2D eigenvalue weighted by atomic mass is 15.1. The van der Waals surface area contributed by atoms with Crippen LogP contribution in [0.2, 0.25) is 0 Å². The molecule has 2 heteroatoms. The van der Waals surface area contributed by atoms with Crippen molar-refractivity contribution >= 4 is 6.08 Å². The molecular weight excluding hydrogens is 184 g/mol. The average molecular weight is 196 g/mol. The summed E-state index contributed by atoms with van der Waals surface area (Å²) in [5.41, 5.74) is 3.96. The zero-order chi connectivity index (χ0) is 10.7. The molecule has 0 saturated carbocycles. The number of nitrogens with zero attached hydrogens (tertiary/aromatic N) is 2. The lowest BCUT2D eigenvalue weighted by molar-refractivity contribution is 1.01. The molecule has 2 rings (SSSR count). The van der Waals surface area contributed by atoms with Gasteiger partial charge in [0, 0.05) is 5.56 Å². The zero-order valence-electron chi connectivity index (χ0n) is 8.64. The number of hydrogen-bond acceptors (Lipinski definition) is 2. The Morgan fingerprint density at radius 3 is 2.47 bits per heavy atom. The van der Waals surface area contributed by atoms with E-state index in [1.54, 1.807) is 6.08 Å². The van der Waals surface area contributed by atoms with Crippen LogP contribution >= 0.6 is 0 Å². The summed E-state index contributed by atoms with van der Waals surface area (Å²) in [5.74, 6) is 0. The summed E-state index contributed by atoms with van der Waals surface area (Å²) >= 11 is 0. The third-order valence-electron chi connectivity index (χ3n) is 2.26. The van der Waals surface area contributed by atoms with Gasteiger partial charge in [-0.05, 0) is 24.6 Å². The molecular formula is C13H12N2. The molecule has 0 unspecified atom stereocenters. The van der Waals surface area contributed by atoms with Crippen molar-refractivity contribution in [3.63, 3.8) is 0 Å². The van der Waals surface area contributed by atoms with Gasteiger partial charge in [-0.25, -0.2) is 0 Å². The lowest BCUT2D eigenvalue weighted by atomic mass is 10.1. The lowest BCUT2D eigenvalue weighted by Crippen LogP contribution is -1.93. The maximum Gasteiger partial charge on any atom is 0.0959 e. The molecule has 0 aliphatic carbocycles. The van der Waals surface area contributed by atoms with Crippen LogP contribution in [0.1, 0.15) is 11.3 Å². The summed E-state index contributed by atoms with van der Waals surface area (Å²) in [6.07, 6.45) is 1.70. The second-order valence-corrected chi connectivity index (χ2v) is 3.37. The van der Waals surface area contributed by atoms with Crippen LogP contribution in [-0.2, 0) is 0 Å². The molecule has 0 N–H and O–H groups in total. The molecule has 0 fully saturated rings. The van der Waals surface area contributed by atoms with Crippen molar-refractivity contribution in [2.75, 3.05) is 0 Å². The molecule has 0 bridgehead atoms. The number of rotatable bonds is 2. The Morgan fingerprint density at radius 2 is 1.87 bits per heavy atom. The minimum Gasteiger partial charge on any atom is -0.151 e. The summed E-state index contributed by atoms with van der Waals surface area (Å²) in [6.45, 7) is 5.70. The third kappa shape index (κ3) is 1.94. The largest absolute Gasteiger partial charge is 0.151 e. The van der Waals surface area contributed by atoms with Crippen molar-refractivity contribution < 1.29 is 0 Å². The molecule has 2 nitrogen and oxygen atoms in total. The van der Waals surface area contributed by atoms with E-state index < -0.39 is 0 Å². The van der Waals surface area contributed by atoms with Gasteiger partial charge in [0.05, 0.1) is 11.4 Å². The van der Waals surface area contributed by atoms with E-state index in [1.807, 2.05) is 43.3 Å². The fraction of sp³-hybridized carbons (Fsp3) is 0.0769. The summed E-state index contributed by atoms with van der Waals surface area (Å²) in [5, 5.41) is 8.26. The molecule has 1 heterocycles. The standard InChI is InChI=1S/C13H12N2/c1-3-12-9-10(2)13(15-14-12)11-7-5-4-6-8-11/h3-9H,1H2,2H3. The first-order chi connectivity index (χ1) is 7.31. The van der Waals surface area contributed by atoms with Gasteiger partial charge in [0.2, 0.25) is 0 Å². The van der Waals surface area contributed by atoms with Crippen LogP contribution in [-0.4, -0.2) is 10.2 Å². The quantitative estimate of drug-likeness (QED) is 0.737. The van der Waals surface area contributed by atoms with Crippen LogP contribution in [0, 0.1) is 6.92 Å². The van der Waals surface area contributed by atoms with Crippen LogP contribution in [0.5, 0.6) is 0 Å². The van der Waals surface area contributed by atoms with E-state index in [1.165, 1.54) is 0 Å². The van der Waals surface area contributed by atoms with Gasteiger partial charge in [-0.1, -0.05) is 36.9 Å². The van der Waals surface area contributed by atoms with E-state index in [9.17, 15) is 0 Å². The number of hydrogen-bond donors (Lipinski definition) is 0. The molecule has 1 aromatic carbocycles. The van der Waals surface area contributed by atoms with Gasteiger partial charge in [0.15, 0.2) is 0 Å². The van der Waals surface area contributed by atoms with Crippen molar-refractivity contribution in [2.24, 2.45) is 0 Å². The molecule has 0 saturated heterocycles. The molecule has 0 aliphatic heterocycles. The lowest BCUT2D eigenvalue weighted by Gasteiger charge is -2.04. The van der Waals surface area contributed by atoms with Gasteiger partial charge in [-0.3, -0.25) is 0 Å². The molecule has 74 valence electrons. The summed E-state index contributed by atoms with van der Waals surface area (Å²) < 4.78 is 0. The summed E-state index contributed by atoms with van der Waals surface area (Å²) in [7, 11) is 0. The van der Waals surface area contributed by atoms with Gasteiger partial charge >= 0.3 is 0 Å². The number of benzene rings is 1. The van der Waals surface area contributed by atoms with Gasteiger partial charge in [0.1, 0.15) is 0 Å². The van der Waals surface area contributed by atoms with Crippen molar-refractivity contribution in [3.8, 4) is 11.3 Å². The van der Waals surface area contributed by atoms with Crippen LogP contribution in [0.3, 0.4) is 0 Å². The highest BCUT2D eigenvalue weighted by Gasteiger charge is 2.03. The van der Waals surface area contributed by atoms with Gasteiger partial charge in [0.25, 0.3) is 0 Å². The predicted molar refractivity (Wildman–Crippen MR) is 62.3 cm³/mol. The first-order valence-electron chi connectivity index (χ1n) is 4.83. The first-order valence-corrected chi connectivity index (χ1v) is 4.83. The first kappa shape index (κ1) is 9.59. The Balaban J connectivity index is 2.51. The van der Waals surface area contributed by atoms with E-state index in [0.29, 0.717) is 0 Å². The third-order valence-corrected chi connectivity index (χ3v) is 2.26. The van der Waals surface area contributed by atoms with E-state index in [4.69, 9.17) is 0 Å². The van der Waals surface area contributed by atoms with Crippen LogP contribution < -0.4 is 0 Å². The molecule has 0 atom stereocenters. The highest BCUT2D eigenvalue weighted by Crippen LogP contribution is 2.19. The smallest absolute Gasteiger partial charge is 0.0959 e. The van der Waals surface area contributed by atoms with Crippen molar-refractivity contribution in [1.29, 1.82) is 0 Å². The van der Waals surface area contributed by atoms with Crippen molar-refractivity contribution in [3.05, 3.63) is 54.2 Å². The van der Waals surface area contributed by atoms with Crippen LogP contribution in [0.15, 0.2) is 43.0 Å². The van der Waals surface area contributed by atoms with Crippen molar-refractivity contribution in [1.82, 2.24) is 10.2 Å². The summed E-state index contributed by atoms with van der Waals surface area (Å²) in [4.78, 5) is 0. The highest BCUT2D eigenvalue weighted by molar-refractivity contribution is 5.63. The Bertz CT molecular complexity index is 475. The second-order valence-electron chi connectivity index (χ2n) is 3.37. The monoisotopic (exact) mass is 196 g/mol. The van der Waals surface area contributed by atoms with Gasteiger partial charge < -0.3 is 0 Å². The fourth-order valence-electron chi connectivity index (χ4n) is 1.49. The topological polar surface area (TPSA) is 25.8 Å². The Morgan fingerprint density at radius 1 is 1.13 bits per heavy atom. The van der Waals surface area contributed by atoms with E-state index >= 15 is 0 Å². The second kappa shape index (κ2) is 4.05. The molecule has 1 aromatic heterocycles. The molecule has 0 amide bonds. The minimum atomic E-state index is 0.812. The summed E-state index contributed by atoms with van der Waals surface area (Å²) in [6, 6.07) is 12.0. The Kier molecular flexibility index (Phi) is 2.59. The number of aryl methyl sites for hydroxylation is 1. The van der Waals surface area contributed by atoms with Gasteiger partial charge in [-0.15, -0.1) is 5.10 Å². The molecule has 0 radical (unpaired) electrons. The maximum atomic E-state index is 4.20. The SMILES string of the molecule is C=Cc1cc(C)c(-c2ccccc2)nn1. The fourth-order valence-corrected chi connectivity index (χ4v) is 1.49. The van der Waals surface area contributed by atoms with E-state index in [0.717, 1.165) is 22.5 Å². The molecule has 0 aliphatic rings. The minimum absolute atomic E-state index is 0.812. The molecule has 2 aromatic rings. The predicted octanol–water partition coefficient (Wildman–Crippen LogP) is 3.10. The maximum absolute atomic E-state index is 4.20. The van der Waals surface area contributed by atoms with E-state index in [-0.39, 0.29) is 0 Å². The molecule has 15 heavy (non-hydrogen) atoms. The van der Waals surface area contributed by atoms with Crippen LogP contribution in [0.25, 0.3) is 17.3 Å². The Labute approximate surface area is 89.3 Å². The Hall–Kier alpha value is -1.96. The van der Waals surface area contributed by atoms with E-state index in [2.05, 4.69) is 16.8 Å². The number of aromatic nitrogens is 2. The van der Waals surface area contributed by atoms with Crippen molar-refractivity contribution in [2.45, 2.75) is 6.92 Å². The zero-order valence-corrected chi connectivity index (χ0v) is 8.64. The van der Waals surface area contributed by atoms with Crippen LogP contribution in [0.4, 0.5) is 0 Å². The average Bonchev–Trinajstić information content (AvgIpc) is 2.30.